The molecule has 6 heteroatoms. The van der Waals surface area contributed by atoms with Gasteiger partial charge < -0.3 is 10.4 Å². The van der Waals surface area contributed by atoms with E-state index in [-0.39, 0.29) is 15.5 Å². The molecular weight excluding hydrogens is 284 g/mol. The minimum absolute atomic E-state index is 0.159. The molecule has 1 aromatic rings. The summed E-state index contributed by atoms with van der Waals surface area (Å²) in [7, 11) is 0. The molecule has 0 aromatic carbocycles. The van der Waals surface area contributed by atoms with Crippen molar-refractivity contribution in [3.63, 3.8) is 0 Å². The number of carboxylic acid groups (broad SMARTS) is 1. The highest BCUT2D eigenvalue weighted by Crippen LogP contribution is 2.40. The fourth-order valence-electron chi connectivity index (χ4n) is 2.43. The molecule has 19 heavy (non-hydrogen) atoms. The number of nitrogens with zero attached hydrogens (tertiary/aromatic N) is 1. The molecule has 0 saturated heterocycles. The molecule has 1 saturated carbocycles. The van der Waals surface area contributed by atoms with Gasteiger partial charge in [-0.15, -0.1) is 0 Å². The number of aromatic carboxylic acids is 1. The summed E-state index contributed by atoms with van der Waals surface area (Å²) in [5, 5.41) is 12.4. The maximum absolute atomic E-state index is 11.0. The van der Waals surface area contributed by atoms with Crippen molar-refractivity contribution in [1.29, 1.82) is 0 Å². The van der Waals surface area contributed by atoms with Crippen LogP contribution in [0.15, 0.2) is 12.1 Å². The van der Waals surface area contributed by atoms with Gasteiger partial charge in [-0.25, -0.2) is 9.78 Å². The van der Waals surface area contributed by atoms with Crippen LogP contribution in [-0.4, -0.2) is 33.6 Å². The van der Waals surface area contributed by atoms with E-state index in [9.17, 15) is 4.79 Å². The summed E-state index contributed by atoms with van der Waals surface area (Å²) in [6, 6.07) is 2.88. The highest BCUT2D eigenvalue weighted by Gasteiger charge is 2.32. The van der Waals surface area contributed by atoms with Gasteiger partial charge >= 0.3 is 5.97 Å². The van der Waals surface area contributed by atoms with Gasteiger partial charge in [-0.2, -0.15) is 11.8 Å². The van der Waals surface area contributed by atoms with Crippen molar-refractivity contribution in [3.8, 4) is 0 Å². The van der Waals surface area contributed by atoms with Crippen LogP contribution in [0.5, 0.6) is 0 Å². The van der Waals surface area contributed by atoms with Gasteiger partial charge in [-0.05, 0) is 31.2 Å². The van der Waals surface area contributed by atoms with E-state index in [0.29, 0.717) is 5.82 Å². The number of hydrogen-bond acceptors (Lipinski definition) is 4. The first-order valence-corrected chi connectivity index (χ1v) is 7.85. The van der Waals surface area contributed by atoms with Gasteiger partial charge in [0.15, 0.2) is 0 Å². The van der Waals surface area contributed by atoms with Gasteiger partial charge in [-0.1, -0.05) is 24.4 Å². The Labute approximate surface area is 121 Å². The summed E-state index contributed by atoms with van der Waals surface area (Å²) >= 11 is 7.71. The molecule has 0 bridgehead atoms. The van der Waals surface area contributed by atoms with E-state index in [0.717, 1.165) is 6.54 Å². The number of carbonyl (C=O) groups is 1. The average molecular weight is 301 g/mol. The van der Waals surface area contributed by atoms with Crippen LogP contribution < -0.4 is 5.32 Å². The van der Waals surface area contributed by atoms with Crippen LogP contribution in [-0.2, 0) is 0 Å². The lowest BCUT2D eigenvalue weighted by Gasteiger charge is -2.27. The van der Waals surface area contributed by atoms with Crippen molar-refractivity contribution >= 4 is 35.1 Å². The number of carboxylic acids is 1. The van der Waals surface area contributed by atoms with Gasteiger partial charge in [0.05, 0.1) is 5.56 Å². The molecule has 104 valence electrons. The van der Waals surface area contributed by atoms with Crippen LogP contribution in [0.4, 0.5) is 5.82 Å². The highest BCUT2D eigenvalue weighted by atomic mass is 35.5. The molecule has 0 amide bonds. The lowest BCUT2D eigenvalue weighted by molar-refractivity contribution is 0.0697. The van der Waals surface area contributed by atoms with Gasteiger partial charge in [0.25, 0.3) is 0 Å². The standard InChI is InChI=1S/C13H17ClN2O2S/c1-19-13(4-2-3-5-13)8-15-11-7-9(12(17)18)6-10(14)16-11/h6-7H,2-5,8H2,1H3,(H,15,16)(H,17,18). The highest BCUT2D eigenvalue weighted by molar-refractivity contribution is 8.00. The van der Waals surface area contributed by atoms with Crippen LogP contribution in [0, 0.1) is 0 Å². The molecule has 1 aromatic heterocycles. The number of anilines is 1. The van der Waals surface area contributed by atoms with Crippen molar-refractivity contribution in [2.24, 2.45) is 0 Å². The smallest absolute Gasteiger partial charge is 0.335 e. The molecule has 2 N–H and O–H groups in total. The molecule has 1 aliphatic carbocycles. The average Bonchev–Trinajstić information content (AvgIpc) is 2.85. The molecule has 0 spiro atoms. The first kappa shape index (κ1) is 14.5. The summed E-state index contributed by atoms with van der Waals surface area (Å²) in [5.74, 6) is -0.460. The van der Waals surface area contributed by atoms with Crippen molar-refractivity contribution in [1.82, 2.24) is 4.98 Å². The van der Waals surface area contributed by atoms with Crippen LogP contribution >= 0.6 is 23.4 Å². The SMILES string of the molecule is CSC1(CNc2cc(C(=O)O)cc(Cl)n2)CCCC1. The van der Waals surface area contributed by atoms with E-state index in [1.807, 2.05) is 11.8 Å². The van der Waals surface area contributed by atoms with Gasteiger partial charge in [0.1, 0.15) is 11.0 Å². The topological polar surface area (TPSA) is 62.2 Å². The zero-order chi connectivity index (χ0) is 13.9. The van der Waals surface area contributed by atoms with E-state index in [4.69, 9.17) is 16.7 Å². The number of hydrogen-bond donors (Lipinski definition) is 2. The molecule has 4 nitrogen and oxygen atoms in total. The number of nitrogens with one attached hydrogen (secondary N) is 1. The lowest BCUT2D eigenvalue weighted by Crippen LogP contribution is -2.30. The monoisotopic (exact) mass is 300 g/mol. The Balaban J connectivity index is 2.08. The van der Waals surface area contributed by atoms with Gasteiger partial charge in [0.2, 0.25) is 0 Å². The quantitative estimate of drug-likeness (QED) is 0.815. The Bertz CT molecular complexity index is 476. The summed E-state index contributed by atoms with van der Waals surface area (Å²) < 4.78 is 0.243. The van der Waals surface area contributed by atoms with Crippen molar-refractivity contribution in [3.05, 3.63) is 22.8 Å². The van der Waals surface area contributed by atoms with Gasteiger partial charge in [-0.3, -0.25) is 0 Å². The van der Waals surface area contributed by atoms with Crippen LogP contribution in [0.1, 0.15) is 36.0 Å². The van der Waals surface area contributed by atoms with Gasteiger partial charge in [0, 0.05) is 11.3 Å². The second-order valence-electron chi connectivity index (χ2n) is 4.82. The third-order valence-corrected chi connectivity index (χ3v) is 5.19. The fraction of sp³-hybridized carbons (Fsp3) is 0.538. The van der Waals surface area contributed by atoms with E-state index >= 15 is 0 Å². The van der Waals surface area contributed by atoms with Crippen molar-refractivity contribution in [2.45, 2.75) is 30.4 Å². The van der Waals surface area contributed by atoms with Crippen LogP contribution in [0.3, 0.4) is 0 Å². The Hall–Kier alpha value is -0.940. The van der Waals surface area contributed by atoms with Crippen LogP contribution in [0.25, 0.3) is 0 Å². The fourth-order valence-corrected chi connectivity index (χ4v) is 3.56. The van der Waals surface area contributed by atoms with Crippen LogP contribution in [0.2, 0.25) is 5.15 Å². The van der Waals surface area contributed by atoms with E-state index in [1.54, 1.807) is 0 Å². The van der Waals surface area contributed by atoms with Crippen molar-refractivity contribution < 1.29 is 9.90 Å². The summed E-state index contributed by atoms with van der Waals surface area (Å²) in [5.41, 5.74) is 0.159. The predicted molar refractivity (Wildman–Crippen MR) is 79.4 cm³/mol. The Morgan fingerprint density at radius 3 is 2.79 bits per heavy atom. The molecule has 2 rings (SSSR count). The normalized spacial score (nSPS) is 17.4. The number of rotatable bonds is 5. The summed E-state index contributed by atoms with van der Waals surface area (Å²) in [6.45, 7) is 0.792. The van der Waals surface area contributed by atoms with E-state index < -0.39 is 5.97 Å². The number of pyridine rings is 1. The molecule has 1 heterocycles. The molecule has 1 aliphatic rings. The molecule has 0 radical (unpaired) electrons. The molecule has 1 fully saturated rings. The third-order valence-electron chi connectivity index (χ3n) is 3.58. The second-order valence-corrected chi connectivity index (χ2v) is 6.48. The van der Waals surface area contributed by atoms with E-state index in [2.05, 4.69) is 16.6 Å². The number of halogens is 1. The first-order valence-electron chi connectivity index (χ1n) is 6.25. The minimum Gasteiger partial charge on any atom is -0.478 e. The Morgan fingerprint density at radius 1 is 1.53 bits per heavy atom. The number of aromatic nitrogens is 1. The second kappa shape index (κ2) is 6.01. The molecule has 0 unspecified atom stereocenters. The van der Waals surface area contributed by atoms with Crippen molar-refractivity contribution in [2.75, 3.05) is 18.1 Å². The Kier molecular flexibility index (Phi) is 4.58. The summed E-state index contributed by atoms with van der Waals surface area (Å²) in [4.78, 5) is 15.1. The van der Waals surface area contributed by atoms with E-state index in [1.165, 1.54) is 37.8 Å². The zero-order valence-corrected chi connectivity index (χ0v) is 12.4. The first-order chi connectivity index (χ1) is 9.04. The minimum atomic E-state index is -0.993. The maximum Gasteiger partial charge on any atom is 0.335 e. The number of thioether (sulfide) groups is 1. The maximum atomic E-state index is 11.0. The third kappa shape index (κ3) is 3.54. The largest absolute Gasteiger partial charge is 0.478 e. The summed E-state index contributed by atoms with van der Waals surface area (Å²) in [6.07, 6.45) is 7.01. The Morgan fingerprint density at radius 2 is 2.21 bits per heavy atom. The lowest BCUT2D eigenvalue weighted by atomic mass is 10.1. The zero-order valence-electron chi connectivity index (χ0n) is 10.8. The molecule has 0 aliphatic heterocycles. The molecule has 0 atom stereocenters. The predicted octanol–water partition coefficient (Wildman–Crippen LogP) is 3.52. The molecular formula is C13H17ClN2O2S.